The van der Waals surface area contributed by atoms with Crippen molar-refractivity contribution in [3.63, 3.8) is 0 Å². The van der Waals surface area contributed by atoms with Crippen molar-refractivity contribution in [2.45, 2.75) is 51.7 Å². The second-order valence-electron chi connectivity index (χ2n) is 6.35. The fourth-order valence-corrected chi connectivity index (χ4v) is 4.30. The molecule has 1 saturated heterocycles. The Hall–Kier alpha value is -1.59. The van der Waals surface area contributed by atoms with Crippen LogP contribution >= 0.6 is 11.3 Å². The van der Waals surface area contributed by atoms with Gasteiger partial charge in [0.15, 0.2) is 0 Å². The number of piperidine rings is 1. The van der Waals surface area contributed by atoms with E-state index in [0.29, 0.717) is 12.1 Å². The normalized spacial score (nSPS) is 22.2. The van der Waals surface area contributed by atoms with Gasteiger partial charge in [-0.05, 0) is 38.8 Å². The summed E-state index contributed by atoms with van der Waals surface area (Å²) in [5.41, 5.74) is 1.94. The van der Waals surface area contributed by atoms with Gasteiger partial charge in [-0.1, -0.05) is 29.9 Å². The van der Waals surface area contributed by atoms with Crippen LogP contribution in [0.15, 0.2) is 29.1 Å². The number of hydrogen-bond acceptors (Lipinski definition) is 4. The van der Waals surface area contributed by atoms with E-state index < -0.39 is 0 Å². The van der Waals surface area contributed by atoms with Gasteiger partial charge in [-0.3, -0.25) is 9.69 Å². The summed E-state index contributed by atoms with van der Waals surface area (Å²) in [6, 6.07) is 9.00. The van der Waals surface area contributed by atoms with Crippen LogP contribution in [0, 0.1) is 0 Å². The van der Waals surface area contributed by atoms with Gasteiger partial charge in [0, 0.05) is 29.1 Å². The van der Waals surface area contributed by atoms with Crippen molar-refractivity contribution < 1.29 is 4.74 Å². The maximum atomic E-state index is 12.0. The van der Waals surface area contributed by atoms with Crippen LogP contribution in [0.2, 0.25) is 0 Å². The molecule has 1 aliphatic rings. The third-order valence-corrected chi connectivity index (χ3v) is 5.65. The van der Waals surface area contributed by atoms with E-state index in [-0.39, 0.29) is 4.87 Å². The predicted molar refractivity (Wildman–Crippen MR) is 95.2 cm³/mol. The molecule has 2 heterocycles. The lowest BCUT2D eigenvalue weighted by Crippen LogP contribution is -2.42. The van der Waals surface area contributed by atoms with Crippen molar-refractivity contribution in [3.8, 4) is 17.0 Å². The van der Waals surface area contributed by atoms with Crippen molar-refractivity contribution in [3.05, 3.63) is 38.8 Å². The molecular formula is C18H24N2O2S. The molecule has 1 aromatic heterocycles. The molecule has 2 unspecified atom stereocenters. The molecule has 2 atom stereocenters. The second kappa shape index (κ2) is 6.89. The van der Waals surface area contributed by atoms with Crippen LogP contribution in [0.1, 0.15) is 38.0 Å². The topological polar surface area (TPSA) is 45.3 Å². The zero-order valence-corrected chi connectivity index (χ0v) is 14.8. The molecule has 0 spiro atoms. The standard InChI is InChI=1S/C18H24N2O2S/c1-12-6-4-7-13(2)20(12)11-16-17(19-18(21)23-16)14-8-5-9-15(10-14)22-3/h5,8-10,12-13H,4,6-7,11H2,1-3H3,(H,19,21). The molecule has 1 aliphatic heterocycles. The summed E-state index contributed by atoms with van der Waals surface area (Å²) in [5.74, 6) is 0.806. The summed E-state index contributed by atoms with van der Waals surface area (Å²) in [6.07, 6.45) is 3.77. The van der Waals surface area contributed by atoms with Crippen molar-refractivity contribution in [2.75, 3.05) is 7.11 Å². The molecule has 0 radical (unpaired) electrons. The molecule has 1 fully saturated rings. The molecule has 23 heavy (non-hydrogen) atoms. The minimum absolute atomic E-state index is 0.00938. The van der Waals surface area contributed by atoms with E-state index in [0.717, 1.165) is 28.4 Å². The van der Waals surface area contributed by atoms with Gasteiger partial charge >= 0.3 is 4.87 Å². The van der Waals surface area contributed by atoms with Gasteiger partial charge < -0.3 is 9.72 Å². The van der Waals surface area contributed by atoms with Crippen LogP contribution in [0.4, 0.5) is 0 Å². The highest BCUT2D eigenvalue weighted by Crippen LogP contribution is 2.30. The summed E-state index contributed by atoms with van der Waals surface area (Å²) < 4.78 is 5.31. The predicted octanol–water partition coefficient (Wildman–Crippen LogP) is 3.87. The average molecular weight is 332 g/mol. The highest BCUT2D eigenvalue weighted by atomic mass is 32.1. The number of nitrogens with zero attached hydrogens (tertiary/aromatic N) is 1. The SMILES string of the molecule is COc1cccc(-c2[nH]c(=O)sc2CN2C(C)CCCC2C)c1. The number of hydrogen-bond donors (Lipinski definition) is 1. The monoisotopic (exact) mass is 332 g/mol. The number of rotatable bonds is 4. The first-order valence-corrected chi connectivity index (χ1v) is 9.02. The molecule has 3 rings (SSSR count). The molecule has 0 bridgehead atoms. The molecule has 0 saturated carbocycles. The first kappa shape index (κ1) is 16.3. The van der Waals surface area contributed by atoms with E-state index in [9.17, 15) is 4.79 Å². The van der Waals surface area contributed by atoms with Gasteiger partial charge in [-0.2, -0.15) is 0 Å². The Balaban J connectivity index is 1.92. The number of thiazole rings is 1. The number of methoxy groups -OCH3 is 1. The first-order valence-electron chi connectivity index (χ1n) is 8.20. The Morgan fingerprint density at radius 1 is 1.30 bits per heavy atom. The lowest BCUT2D eigenvalue weighted by molar-refractivity contribution is 0.0965. The van der Waals surface area contributed by atoms with Crippen molar-refractivity contribution >= 4 is 11.3 Å². The summed E-state index contributed by atoms with van der Waals surface area (Å²) >= 11 is 1.33. The first-order chi connectivity index (χ1) is 11.1. The molecule has 124 valence electrons. The summed E-state index contributed by atoms with van der Waals surface area (Å²) in [5, 5.41) is 0. The van der Waals surface area contributed by atoms with Gasteiger partial charge in [0.2, 0.25) is 0 Å². The highest BCUT2D eigenvalue weighted by molar-refractivity contribution is 7.09. The van der Waals surface area contributed by atoms with Crippen LogP contribution in [-0.2, 0) is 6.54 Å². The van der Waals surface area contributed by atoms with Crippen LogP contribution in [0.25, 0.3) is 11.3 Å². The number of H-pyrrole nitrogens is 1. The van der Waals surface area contributed by atoms with Crippen molar-refractivity contribution in [1.82, 2.24) is 9.88 Å². The molecular weight excluding hydrogens is 308 g/mol. The zero-order valence-electron chi connectivity index (χ0n) is 14.0. The average Bonchev–Trinajstić information content (AvgIpc) is 2.92. The van der Waals surface area contributed by atoms with Crippen LogP contribution in [0.5, 0.6) is 5.75 Å². The van der Waals surface area contributed by atoms with E-state index in [1.807, 2.05) is 24.3 Å². The van der Waals surface area contributed by atoms with E-state index >= 15 is 0 Å². The molecule has 0 amide bonds. The van der Waals surface area contributed by atoms with E-state index in [4.69, 9.17) is 4.74 Å². The minimum atomic E-state index is 0.00938. The minimum Gasteiger partial charge on any atom is -0.497 e. The maximum absolute atomic E-state index is 12.0. The van der Waals surface area contributed by atoms with Gasteiger partial charge in [-0.15, -0.1) is 0 Å². The number of aromatic nitrogens is 1. The van der Waals surface area contributed by atoms with Crippen molar-refractivity contribution in [1.29, 1.82) is 0 Å². The fraction of sp³-hybridized carbons (Fsp3) is 0.500. The summed E-state index contributed by atoms with van der Waals surface area (Å²) in [7, 11) is 1.66. The van der Waals surface area contributed by atoms with Gasteiger partial charge in [0.05, 0.1) is 12.8 Å². The Labute approximate surface area is 141 Å². The van der Waals surface area contributed by atoms with E-state index in [1.165, 1.54) is 30.6 Å². The highest BCUT2D eigenvalue weighted by Gasteiger charge is 2.26. The number of benzene rings is 1. The third kappa shape index (κ3) is 3.51. The summed E-state index contributed by atoms with van der Waals surface area (Å²) in [6.45, 7) is 5.41. The molecule has 4 nitrogen and oxygen atoms in total. The smallest absolute Gasteiger partial charge is 0.305 e. The number of nitrogens with one attached hydrogen (secondary N) is 1. The maximum Gasteiger partial charge on any atom is 0.305 e. The molecule has 1 aromatic carbocycles. The number of ether oxygens (including phenoxy) is 1. The molecule has 5 heteroatoms. The van der Waals surface area contributed by atoms with E-state index in [1.54, 1.807) is 7.11 Å². The molecule has 1 N–H and O–H groups in total. The summed E-state index contributed by atoms with van der Waals surface area (Å²) in [4.78, 5) is 18.6. The fourth-order valence-electron chi connectivity index (χ4n) is 3.44. The zero-order chi connectivity index (χ0) is 16.4. The molecule has 0 aliphatic carbocycles. The van der Waals surface area contributed by atoms with E-state index in [2.05, 4.69) is 23.7 Å². The lowest BCUT2D eigenvalue weighted by Gasteiger charge is -2.38. The Kier molecular flexibility index (Phi) is 4.87. The quantitative estimate of drug-likeness (QED) is 0.924. The largest absolute Gasteiger partial charge is 0.497 e. The van der Waals surface area contributed by atoms with Crippen molar-refractivity contribution in [2.24, 2.45) is 0 Å². The van der Waals surface area contributed by atoms with Crippen LogP contribution in [-0.4, -0.2) is 29.1 Å². The Morgan fingerprint density at radius 3 is 2.74 bits per heavy atom. The molecule has 2 aromatic rings. The number of likely N-dealkylation sites (tertiary alicyclic amines) is 1. The van der Waals surface area contributed by atoms with Crippen LogP contribution in [0.3, 0.4) is 0 Å². The van der Waals surface area contributed by atoms with Crippen LogP contribution < -0.4 is 9.61 Å². The third-order valence-electron chi connectivity index (χ3n) is 4.78. The van der Waals surface area contributed by atoms with Gasteiger partial charge in [0.25, 0.3) is 0 Å². The second-order valence-corrected chi connectivity index (χ2v) is 7.41. The Morgan fingerprint density at radius 2 is 2.04 bits per heavy atom. The Bertz CT molecular complexity index is 712. The number of aromatic amines is 1. The lowest BCUT2D eigenvalue weighted by atomic mass is 9.97. The van der Waals surface area contributed by atoms with Gasteiger partial charge in [0.1, 0.15) is 5.75 Å². The van der Waals surface area contributed by atoms with Gasteiger partial charge in [-0.25, -0.2) is 0 Å².